The van der Waals surface area contributed by atoms with Crippen LogP contribution in [0.25, 0.3) is 0 Å². The molecule has 1 amide bonds. The van der Waals surface area contributed by atoms with Crippen molar-refractivity contribution in [3.63, 3.8) is 0 Å². The van der Waals surface area contributed by atoms with Crippen LogP contribution in [0.5, 0.6) is 5.75 Å². The van der Waals surface area contributed by atoms with Gasteiger partial charge >= 0.3 is 0 Å². The molecular weight excluding hydrogens is 302 g/mol. The number of aryl methyl sites for hydroxylation is 1. The Labute approximate surface area is 143 Å². The van der Waals surface area contributed by atoms with Crippen molar-refractivity contribution >= 4 is 11.6 Å². The number of nitrogens with zero attached hydrogens (tertiary/aromatic N) is 3. The van der Waals surface area contributed by atoms with Crippen LogP contribution in [0.2, 0.25) is 0 Å². The standard InChI is InChI=1S/C19H25N3O2/c1-24-18-8-3-2-7-17(18)21-13-15-22(16-14-21)19(23)9-6-12-20-10-4-5-11-20/h2-5,7-8,10-11H,6,9,12-16H2,1H3. The van der Waals surface area contributed by atoms with Gasteiger partial charge in [-0.2, -0.15) is 0 Å². The molecule has 0 radical (unpaired) electrons. The van der Waals surface area contributed by atoms with Gasteiger partial charge in [0.05, 0.1) is 12.8 Å². The van der Waals surface area contributed by atoms with Crippen LogP contribution in [0.3, 0.4) is 0 Å². The summed E-state index contributed by atoms with van der Waals surface area (Å²) in [5, 5.41) is 0. The lowest BCUT2D eigenvalue weighted by Gasteiger charge is -2.36. The zero-order valence-corrected chi connectivity index (χ0v) is 14.2. The van der Waals surface area contributed by atoms with Crippen molar-refractivity contribution in [2.24, 2.45) is 0 Å². The predicted octanol–water partition coefficient (Wildman–Crippen LogP) is 2.63. The van der Waals surface area contributed by atoms with E-state index in [2.05, 4.69) is 15.5 Å². The zero-order valence-electron chi connectivity index (χ0n) is 14.2. The van der Waals surface area contributed by atoms with Gasteiger partial charge in [-0.3, -0.25) is 4.79 Å². The number of benzene rings is 1. The summed E-state index contributed by atoms with van der Waals surface area (Å²) < 4.78 is 7.55. The van der Waals surface area contributed by atoms with Crippen molar-refractivity contribution in [2.45, 2.75) is 19.4 Å². The molecule has 128 valence electrons. The number of methoxy groups -OCH3 is 1. The maximum Gasteiger partial charge on any atom is 0.222 e. The van der Waals surface area contributed by atoms with Crippen LogP contribution in [0, 0.1) is 0 Å². The van der Waals surface area contributed by atoms with Crippen LogP contribution in [0.15, 0.2) is 48.8 Å². The fourth-order valence-electron chi connectivity index (χ4n) is 3.18. The number of piperazine rings is 1. The summed E-state index contributed by atoms with van der Waals surface area (Å²) in [5.74, 6) is 1.16. The van der Waals surface area contributed by atoms with Crippen LogP contribution in [0.4, 0.5) is 5.69 Å². The molecule has 1 aromatic heterocycles. The van der Waals surface area contributed by atoms with Gasteiger partial charge < -0.3 is 19.1 Å². The SMILES string of the molecule is COc1ccccc1N1CCN(C(=O)CCCn2cccc2)CC1. The number of amides is 1. The number of carbonyl (C=O) groups excluding carboxylic acids is 1. The van der Waals surface area contributed by atoms with Crippen LogP contribution >= 0.6 is 0 Å². The minimum absolute atomic E-state index is 0.266. The van der Waals surface area contributed by atoms with Crippen LogP contribution in [-0.2, 0) is 11.3 Å². The van der Waals surface area contributed by atoms with Gasteiger partial charge in [0.15, 0.2) is 0 Å². The van der Waals surface area contributed by atoms with Gasteiger partial charge in [-0.1, -0.05) is 12.1 Å². The maximum atomic E-state index is 12.4. The summed E-state index contributed by atoms with van der Waals surface area (Å²) in [7, 11) is 1.70. The normalized spacial score (nSPS) is 14.7. The first-order valence-corrected chi connectivity index (χ1v) is 8.54. The lowest BCUT2D eigenvalue weighted by atomic mass is 10.2. The number of para-hydroxylation sites is 2. The van der Waals surface area contributed by atoms with Crippen molar-refractivity contribution < 1.29 is 9.53 Å². The van der Waals surface area contributed by atoms with Gasteiger partial charge in [0, 0.05) is 51.5 Å². The van der Waals surface area contributed by atoms with E-state index in [0.717, 1.165) is 50.6 Å². The molecular formula is C19H25N3O2. The molecule has 0 saturated carbocycles. The molecule has 1 fully saturated rings. The van der Waals surface area contributed by atoms with Crippen molar-refractivity contribution in [1.82, 2.24) is 9.47 Å². The highest BCUT2D eigenvalue weighted by Gasteiger charge is 2.22. The number of carbonyl (C=O) groups is 1. The minimum Gasteiger partial charge on any atom is -0.495 e. The van der Waals surface area contributed by atoms with Gasteiger partial charge in [-0.25, -0.2) is 0 Å². The second kappa shape index (κ2) is 7.90. The molecule has 1 aliphatic rings. The molecule has 24 heavy (non-hydrogen) atoms. The van der Waals surface area contributed by atoms with E-state index in [0.29, 0.717) is 6.42 Å². The Morgan fingerprint density at radius 3 is 2.46 bits per heavy atom. The van der Waals surface area contributed by atoms with Crippen LogP contribution in [0.1, 0.15) is 12.8 Å². The van der Waals surface area contributed by atoms with Gasteiger partial charge in [0.1, 0.15) is 5.75 Å². The van der Waals surface area contributed by atoms with Crippen molar-refractivity contribution in [2.75, 3.05) is 38.2 Å². The monoisotopic (exact) mass is 327 g/mol. The number of ether oxygens (including phenoxy) is 1. The summed E-state index contributed by atoms with van der Waals surface area (Å²) in [4.78, 5) is 16.6. The van der Waals surface area contributed by atoms with Gasteiger partial charge in [0.25, 0.3) is 0 Å². The van der Waals surface area contributed by atoms with Crippen molar-refractivity contribution in [3.8, 4) is 5.75 Å². The molecule has 5 heteroatoms. The molecule has 5 nitrogen and oxygen atoms in total. The molecule has 1 aromatic carbocycles. The quantitative estimate of drug-likeness (QED) is 0.818. The van der Waals surface area contributed by atoms with Gasteiger partial charge in [0.2, 0.25) is 5.91 Å². The average Bonchev–Trinajstić information content (AvgIpc) is 3.15. The largest absolute Gasteiger partial charge is 0.495 e. The molecule has 3 rings (SSSR count). The van der Waals surface area contributed by atoms with E-state index in [1.54, 1.807) is 7.11 Å². The second-order valence-corrected chi connectivity index (χ2v) is 6.06. The molecule has 0 atom stereocenters. The number of aromatic nitrogens is 1. The van der Waals surface area contributed by atoms with Crippen molar-refractivity contribution in [3.05, 3.63) is 48.8 Å². The lowest BCUT2D eigenvalue weighted by molar-refractivity contribution is -0.131. The Kier molecular flexibility index (Phi) is 5.41. The molecule has 1 saturated heterocycles. The Morgan fingerprint density at radius 2 is 1.75 bits per heavy atom. The maximum absolute atomic E-state index is 12.4. The third-order valence-electron chi connectivity index (χ3n) is 4.53. The molecule has 0 bridgehead atoms. The van der Waals surface area contributed by atoms with E-state index in [1.807, 2.05) is 47.6 Å². The summed E-state index contributed by atoms with van der Waals surface area (Å²) >= 11 is 0. The lowest BCUT2D eigenvalue weighted by Crippen LogP contribution is -2.48. The minimum atomic E-state index is 0.266. The van der Waals surface area contributed by atoms with Gasteiger partial charge in [-0.15, -0.1) is 0 Å². The van der Waals surface area contributed by atoms with Crippen LogP contribution in [-0.4, -0.2) is 48.7 Å². The summed E-state index contributed by atoms with van der Waals surface area (Å²) in [6.07, 6.45) is 5.58. The molecule has 0 unspecified atom stereocenters. The number of anilines is 1. The topological polar surface area (TPSA) is 37.7 Å². The third-order valence-corrected chi connectivity index (χ3v) is 4.53. The van der Waals surface area contributed by atoms with Crippen LogP contribution < -0.4 is 9.64 Å². The smallest absolute Gasteiger partial charge is 0.222 e. The summed E-state index contributed by atoms with van der Waals surface area (Å²) in [6.45, 7) is 4.16. The average molecular weight is 327 g/mol. The number of hydrogen-bond donors (Lipinski definition) is 0. The molecule has 0 spiro atoms. The zero-order chi connectivity index (χ0) is 16.8. The third kappa shape index (κ3) is 3.91. The fourth-order valence-corrected chi connectivity index (χ4v) is 3.18. The molecule has 1 aliphatic heterocycles. The Balaban J connectivity index is 1.46. The molecule has 2 aromatic rings. The van der Waals surface area contributed by atoms with E-state index in [4.69, 9.17) is 4.74 Å². The molecule has 2 heterocycles. The summed E-state index contributed by atoms with van der Waals surface area (Å²) in [5.41, 5.74) is 1.11. The number of hydrogen-bond acceptors (Lipinski definition) is 3. The summed E-state index contributed by atoms with van der Waals surface area (Å²) in [6, 6.07) is 12.1. The first-order chi connectivity index (χ1) is 11.8. The van der Waals surface area contributed by atoms with E-state index in [9.17, 15) is 4.79 Å². The Hall–Kier alpha value is -2.43. The fraction of sp³-hybridized carbons (Fsp3) is 0.421. The van der Waals surface area contributed by atoms with E-state index in [1.165, 1.54) is 0 Å². The predicted molar refractivity (Wildman–Crippen MR) is 95.5 cm³/mol. The highest BCUT2D eigenvalue weighted by molar-refractivity contribution is 5.76. The first kappa shape index (κ1) is 16.4. The Morgan fingerprint density at radius 1 is 1.04 bits per heavy atom. The van der Waals surface area contributed by atoms with E-state index in [-0.39, 0.29) is 5.91 Å². The first-order valence-electron chi connectivity index (χ1n) is 8.54. The second-order valence-electron chi connectivity index (χ2n) is 6.06. The van der Waals surface area contributed by atoms with Gasteiger partial charge in [-0.05, 0) is 30.7 Å². The molecule has 0 aliphatic carbocycles. The van der Waals surface area contributed by atoms with E-state index >= 15 is 0 Å². The number of rotatable bonds is 6. The van der Waals surface area contributed by atoms with Crippen molar-refractivity contribution in [1.29, 1.82) is 0 Å². The highest BCUT2D eigenvalue weighted by Crippen LogP contribution is 2.28. The Bertz CT molecular complexity index is 646. The highest BCUT2D eigenvalue weighted by atomic mass is 16.5. The van der Waals surface area contributed by atoms with E-state index < -0.39 is 0 Å². The molecule has 0 N–H and O–H groups in total.